The molecule has 12 rings (SSSR count). The summed E-state index contributed by atoms with van der Waals surface area (Å²) in [4.78, 5) is 7.62. The Labute approximate surface area is 444 Å². The lowest BCUT2D eigenvalue weighted by Gasteiger charge is -2.20. The van der Waals surface area contributed by atoms with Crippen molar-refractivity contribution >= 4 is 55.0 Å². The topological polar surface area (TPSA) is 114 Å². The highest BCUT2D eigenvalue weighted by atomic mass is 19.4. The quantitative estimate of drug-likeness (QED) is 0.148. The summed E-state index contributed by atoms with van der Waals surface area (Å²) in [5.41, 5.74) is 9.75. The van der Waals surface area contributed by atoms with Crippen molar-refractivity contribution in [1.29, 1.82) is 21.0 Å². The zero-order valence-corrected chi connectivity index (χ0v) is 40.8. The van der Waals surface area contributed by atoms with Gasteiger partial charge in [0.1, 0.15) is 6.07 Å². The minimum atomic E-state index is -4.78. The van der Waals surface area contributed by atoms with Crippen LogP contribution in [0.3, 0.4) is 0 Å². The van der Waals surface area contributed by atoms with E-state index in [2.05, 4.69) is 34.0 Å². The van der Waals surface area contributed by atoms with E-state index in [0.29, 0.717) is 106 Å². The summed E-state index contributed by atoms with van der Waals surface area (Å²) in [6, 6.07) is 67.9. The fraction of sp³-hybridized carbons (Fsp3) is 0.0149. The Kier molecular flexibility index (Phi) is 11.4. The first-order valence-corrected chi connectivity index (χ1v) is 24.4. The molecule has 2 aromatic heterocycles. The van der Waals surface area contributed by atoms with Gasteiger partial charge in [-0.1, -0.05) is 140 Å². The van der Waals surface area contributed by atoms with Gasteiger partial charge in [-0.3, -0.25) is 0 Å². The molecule has 8 nitrogen and oxygen atoms in total. The molecule has 11 heteroatoms. The molecule has 0 bridgehead atoms. The minimum Gasteiger partial charge on any atom is -0.309 e. The molecular formula is C67H33F3N8. The van der Waals surface area contributed by atoms with Crippen LogP contribution in [0.1, 0.15) is 27.8 Å². The molecule has 0 atom stereocenters. The third-order valence-electron chi connectivity index (χ3n) is 14.4. The van der Waals surface area contributed by atoms with Gasteiger partial charge in [0, 0.05) is 32.7 Å². The molecular weight excluding hydrogens is 974 g/mol. The number of rotatable bonds is 7. The predicted octanol–water partition coefficient (Wildman–Crippen LogP) is 17.8. The van der Waals surface area contributed by atoms with Crippen molar-refractivity contribution in [2.75, 3.05) is 0 Å². The number of hydrogen-bond acceptors (Lipinski definition) is 4. The van der Waals surface area contributed by atoms with Crippen LogP contribution in [0.15, 0.2) is 200 Å². The second-order valence-corrected chi connectivity index (χ2v) is 18.5. The van der Waals surface area contributed by atoms with Gasteiger partial charge >= 0.3 is 6.18 Å². The first-order chi connectivity index (χ1) is 38.0. The minimum absolute atomic E-state index is 0.151. The van der Waals surface area contributed by atoms with Crippen molar-refractivity contribution in [2.24, 2.45) is 0 Å². The maximum atomic E-state index is 14.6. The number of benzene rings is 10. The van der Waals surface area contributed by atoms with E-state index in [9.17, 15) is 34.2 Å². The summed E-state index contributed by atoms with van der Waals surface area (Å²) in [6.07, 6.45) is -4.78. The molecule has 362 valence electrons. The monoisotopic (exact) mass is 1010 g/mol. The van der Waals surface area contributed by atoms with Crippen LogP contribution >= 0.6 is 0 Å². The predicted molar refractivity (Wildman–Crippen MR) is 299 cm³/mol. The molecule has 0 spiro atoms. The van der Waals surface area contributed by atoms with Crippen molar-refractivity contribution in [3.63, 3.8) is 0 Å². The molecule has 0 saturated heterocycles. The van der Waals surface area contributed by atoms with Gasteiger partial charge in [-0.2, -0.15) is 34.2 Å². The fourth-order valence-corrected chi connectivity index (χ4v) is 10.8. The largest absolute Gasteiger partial charge is 0.416 e. The summed E-state index contributed by atoms with van der Waals surface area (Å²) >= 11 is 0. The van der Waals surface area contributed by atoms with Gasteiger partial charge in [0.15, 0.2) is 11.4 Å². The molecule has 0 fully saturated rings. The lowest BCUT2D eigenvalue weighted by Crippen LogP contribution is -2.07. The zero-order valence-electron chi connectivity index (χ0n) is 40.8. The molecule has 0 N–H and O–H groups in total. The van der Waals surface area contributed by atoms with Gasteiger partial charge < -0.3 is 9.13 Å². The Hall–Kier alpha value is -11.5. The number of hydrogen-bond donors (Lipinski definition) is 0. The number of fused-ring (bicyclic) bond motifs is 6. The van der Waals surface area contributed by atoms with Crippen LogP contribution in [-0.4, -0.2) is 9.13 Å². The molecule has 78 heavy (non-hydrogen) atoms. The summed E-state index contributed by atoms with van der Waals surface area (Å²) in [7, 11) is 0. The Balaban J connectivity index is 1.25. The van der Waals surface area contributed by atoms with Gasteiger partial charge in [0.2, 0.25) is 0 Å². The van der Waals surface area contributed by atoms with Crippen molar-refractivity contribution in [3.05, 3.63) is 251 Å². The average molecular weight is 1010 g/mol. The maximum Gasteiger partial charge on any atom is 0.416 e. The van der Waals surface area contributed by atoms with Crippen molar-refractivity contribution in [3.8, 4) is 91.3 Å². The van der Waals surface area contributed by atoms with Crippen molar-refractivity contribution in [2.45, 2.75) is 6.18 Å². The number of aromatic nitrogens is 2. The molecule has 0 unspecified atom stereocenters. The van der Waals surface area contributed by atoms with E-state index in [4.69, 9.17) is 13.1 Å². The van der Waals surface area contributed by atoms with E-state index in [0.717, 1.165) is 33.7 Å². The highest BCUT2D eigenvalue weighted by Gasteiger charge is 2.32. The number of halogens is 3. The van der Waals surface area contributed by atoms with Crippen LogP contribution in [0, 0.1) is 58.5 Å². The Morgan fingerprint density at radius 3 is 1.14 bits per heavy atom. The zero-order chi connectivity index (χ0) is 53.8. The SMILES string of the molecule is [C-]#[N+]c1ccccc1-c1ccc2c3ccc(-c4ccccc4C#N)cc3n(-c3cc(-c4ccc(C(F)(F)F)cc4C#N)c(-n4c5cc(-c6ccccc6C#N)ccc5c5ccc(-c6ccccc6[N+]#[C-])cc54)cc3C#N)c2c1. The third-order valence-corrected chi connectivity index (χ3v) is 14.4. The lowest BCUT2D eigenvalue weighted by molar-refractivity contribution is -0.137. The standard InChI is InChI=1S/C67H33F3N8/c1-75-59-17-9-7-15-52(59)42-21-26-55-54-24-19-40(49-13-5-3-11-44(49)36-71)30-62(54)77(63(55)32-42)61-35-58(51-28-23-48(67(68,69)70)29-46(51)38-73)66(34-47(61)39-74)78-64-31-41(50-14-6-4-12-45(50)37-72)20-25-56(64)57-27-22-43(33-65(57)78)53-16-8-10-18-60(53)76-2/h3-35H. The van der Waals surface area contributed by atoms with E-state index in [1.807, 2.05) is 130 Å². The summed E-state index contributed by atoms with van der Waals surface area (Å²) in [6.45, 7) is 16.0. The van der Waals surface area contributed by atoms with E-state index >= 15 is 0 Å². The molecule has 0 saturated carbocycles. The molecule has 0 aliphatic rings. The van der Waals surface area contributed by atoms with Crippen LogP contribution < -0.4 is 0 Å². The van der Waals surface area contributed by atoms with E-state index in [-0.39, 0.29) is 16.7 Å². The Morgan fingerprint density at radius 1 is 0.346 bits per heavy atom. The van der Waals surface area contributed by atoms with Crippen LogP contribution in [0.25, 0.3) is 120 Å². The second-order valence-electron chi connectivity index (χ2n) is 18.5. The van der Waals surface area contributed by atoms with Crippen molar-refractivity contribution in [1.82, 2.24) is 9.13 Å². The molecule has 0 aliphatic carbocycles. The van der Waals surface area contributed by atoms with Crippen LogP contribution in [0.5, 0.6) is 0 Å². The van der Waals surface area contributed by atoms with E-state index in [1.165, 1.54) is 6.07 Å². The van der Waals surface area contributed by atoms with Gasteiger partial charge in [0.05, 0.1) is 92.6 Å². The second kappa shape index (κ2) is 18.8. The van der Waals surface area contributed by atoms with Crippen LogP contribution in [0.4, 0.5) is 24.5 Å². The number of nitriles is 4. The van der Waals surface area contributed by atoms with Gasteiger partial charge in [0.25, 0.3) is 0 Å². The third kappa shape index (κ3) is 7.73. The average Bonchev–Trinajstić information content (AvgIpc) is 4.11. The molecule has 2 heterocycles. The normalized spacial score (nSPS) is 11.2. The highest BCUT2D eigenvalue weighted by Crippen LogP contribution is 2.46. The van der Waals surface area contributed by atoms with Crippen molar-refractivity contribution < 1.29 is 13.2 Å². The number of para-hydroxylation sites is 2. The Morgan fingerprint density at radius 2 is 0.731 bits per heavy atom. The Bertz CT molecular complexity index is 4590. The molecule has 0 aliphatic heterocycles. The maximum absolute atomic E-state index is 14.6. The molecule has 12 aromatic rings. The van der Waals surface area contributed by atoms with Crippen LogP contribution in [-0.2, 0) is 6.18 Å². The number of nitrogens with zero attached hydrogens (tertiary/aromatic N) is 8. The summed E-state index contributed by atoms with van der Waals surface area (Å²) in [5.74, 6) is 0. The molecule has 10 aromatic carbocycles. The first-order valence-electron chi connectivity index (χ1n) is 24.4. The molecule has 0 amide bonds. The summed E-state index contributed by atoms with van der Waals surface area (Å²) < 4.78 is 47.6. The smallest absolute Gasteiger partial charge is 0.309 e. The molecule has 0 radical (unpaired) electrons. The lowest BCUT2D eigenvalue weighted by atomic mass is 9.94. The summed E-state index contributed by atoms with van der Waals surface area (Å²) in [5, 5.41) is 46.1. The van der Waals surface area contributed by atoms with Gasteiger partial charge in [-0.05, 0) is 105 Å². The van der Waals surface area contributed by atoms with Gasteiger partial charge in [-0.15, -0.1) is 0 Å². The van der Waals surface area contributed by atoms with Gasteiger partial charge in [-0.25, -0.2) is 9.69 Å². The van der Waals surface area contributed by atoms with Crippen LogP contribution in [0.2, 0.25) is 0 Å². The highest BCUT2D eigenvalue weighted by molar-refractivity contribution is 6.14. The van der Waals surface area contributed by atoms with E-state index in [1.54, 1.807) is 60.7 Å². The number of alkyl halides is 3. The van der Waals surface area contributed by atoms with E-state index < -0.39 is 11.7 Å². The first kappa shape index (κ1) is 47.5. The fourth-order valence-electron chi connectivity index (χ4n) is 10.8.